The Kier molecular flexibility index (Phi) is 31.4. The summed E-state index contributed by atoms with van der Waals surface area (Å²) in [5.74, 6) is 0. The predicted molar refractivity (Wildman–Crippen MR) is 185 cm³/mol. The smallest absolute Gasteiger partial charge is 0.107 e. The van der Waals surface area contributed by atoms with Gasteiger partial charge in [0.25, 0.3) is 0 Å². The van der Waals surface area contributed by atoms with Crippen LogP contribution in [0.1, 0.15) is 212 Å². The molecular weight excluding hydrogens is 482 g/mol. The van der Waals surface area contributed by atoms with E-state index in [0.717, 1.165) is 4.48 Å². The molecule has 0 aliphatic heterocycles. The van der Waals surface area contributed by atoms with Crippen molar-refractivity contribution < 1.29 is 4.48 Å². The van der Waals surface area contributed by atoms with Gasteiger partial charge >= 0.3 is 0 Å². The van der Waals surface area contributed by atoms with Crippen molar-refractivity contribution in [2.75, 3.05) is 21.1 Å². The lowest BCUT2D eigenvalue weighted by Gasteiger charge is -2.32. The third kappa shape index (κ3) is 30.7. The molecule has 0 N–H and O–H groups in total. The van der Waals surface area contributed by atoms with Crippen LogP contribution in [0.2, 0.25) is 0 Å². The standard InChI is InChI=1S/C39H80N/c1-6-8-9-10-11-12-13-14-15-16-17-18-19-20-21-22-23-24-25-26-27-28-29-30-31-32-33-34-35-36-37-38-39(7-2)40(3,4)5/h7,39H,2,6,8-38H2,1,3-5H3/q+1. The van der Waals surface area contributed by atoms with E-state index in [2.05, 4.69) is 40.7 Å². The van der Waals surface area contributed by atoms with Crippen LogP contribution in [0.3, 0.4) is 0 Å². The van der Waals surface area contributed by atoms with Gasteiger partial charge in [-0.3, -0.25) is 0 Å². The Labute approximate surface area is 256 Å². The zero-order valence-corrected chi connectivity index (χ0v) is 28.9. The normalized spacial score (nSPS) is 12.7. The summed E-state index contributed by atoms with van der Waals surface area (Å²) in [6.07, 6.45) is 49.0. The number of hydrogen-bond acceptors (Lipinski definition) is 0. The molecule has 0 spiro atoms. The van der Waals surface area contributed by atoms with Crippen LogP contribution in [-0.4, -0.2) is 31.7 Å². The van der Waals surface area contributed by atoms with Crippen molar-refractivity contribution in [3.63, 3.8) is 0 Å². The highest BCUT2D eigenvalue weighted by Gasteiger charge is 2.19. The Morgan fingerprint density at radius 1 is 0.375 bits per heavy atom. The second-order valence-electron chi connectivity index (χ2n) is 14.3. The summed E-state index contributed by atoms with van der Waals surface area (Å²) in [4.78, 5) is 0. The lowest BCUT2D eigenvalue weighted by Crippen LogP contribution is -2.43. The highest BCUT2D eigenvalue weighted by atomic mass is 15.3. The van der Waals surface area contributed by atoms with Gasteiger partial charge in [-0.1, -0.05) is 206 Å². The Morgan fingerprint density at radius 3 is 0.750 bits per heavy atom. The van der Waals surface area contributed by atoms with Crippen LogP contribution in [0, 0.1) is 0 Å². The molecule has 0 aromatic rings. The summed E-state index contributed by atoms with van der Waals surface area (Å²) < 4.78 is 1.02. The van der Waals surface area contributed by atoms with E-state index in [0.29, 0.717) is 6.04 Å². The first-order chi connectivity index (χ1) is 19.5. The Hall–Kier alpha value is -0.300. The molecule has 0 fully saturated rings. The van der Waals surface area contributed by atoms with Gasteiger partial charge in [0.2, 0.25) is 0 Å². The number of unbranched alkanes of at least 4 members (excludes halogenated alkanes) is 30. The summed E-state index contributed by atoms with van der Waals surface area (Å²) in [7, 11) is 6.86. The zero-order valence-electron chi connectivity index (χ0n) is 28.9. The number of hydrogen-bond donors (Lipinski definition) is 0. The van der Waals surface area contributed by atoms with Crippen molar-refractivity contribution in [2.24, 2.45) is 0 Å². The maximum absolute atomic E-state index is 4.03. The fraction of sp³-hybridized carbons (Fsp3) is 0.949. The molecule has 0 radical (unpaired) electrons. The zero-order chi connectivity index (χ0) is 29.4. The second kappa shape index (κ2) is 31.6. The fourth-order valence-electron chi connectivity index (χ4n) is 6.37. The molecular formula is C39H80N+. The van der Waals surface area contributed by atoms with Gasteiger partial charge in [-0.05, 0) is 12.5 Å². The lowest BCUT2D eigenvalue weighted by atomic mass is 10.0. The molecule has 1 atom stereocenters. The third-order valence-corrected chi connectivity index (χ3v) is 9.37. The van der Waals surface area contributed by atoms with Gasteiger partial charge in [0.15, 0.2) is 0 Å². The SMILES string of the molecule is C=CC(CCCCCCCCCCCCCCCCCCCCCCCCCCCCCCCCC)[N+](C)(C)C. The first-order valence-corrected chi connectivity index (χ1v) is 19.0. The van der Waals surface area contributed by atoms with Crippen molar-refractivity contribution in [3.05, 3.63) is 12.7 Å². The second-order valence-corrected chi connectivity index (χ2v) is 14.3. The van der Waals surface area contributed by atoms with Crippen LogP contribution in [-0.2, 0) is 0 Å². The van der Waals surface area contributed by atoms with Gasteiger partial charge in [-0.25, -0.2) is 0 Å². The number of quaternary nitrogens is 1. The van der Waals surface area contributed by atoms with E-state index in [9.17, 15) is 0 Å². The Balaban J connectivity index is 3.12. The molecule has 1 heteroatoms. The highest BCUT2D eigenvalue weighted by molar-refractivity contribution is 4.79. The average molecular weight is 563 g/mol. The van der Waals surface area contributed by atoms with Crippen LogP contribution < -0.4 is 0 Å². The quantitative estimate of drug-likeness (QED) is 0.0415. The van der Waals surface area contributed by atoms with E-state index in [1.54, 1.807) is 0 Å². The van der Waals surface area contributed by atoms with Crippen molar-refractivity contribution >= 4 is 0 Å². The van der Waals surface area contributed by atoms with Gasteiger partial charge in [0, 0.05) is 6.42 Å². The molecule has 1 unspecified atom stereocenters. The van der Waals surface area contributed by atoms with E-state index in [1.807, 2.05) is 0 Å². The van der Waals surface area contributed by atoms with Crippen molar-refractivity contribution in [2.45, 2.75) is 218 Å². The topological polar surface area (TPSA) is 0 Å². The van der Waals surface area contributed by atoms with Crippen molar-refractivity contribution in [3.8, 4) is 0 Å². The average Bonchev–Trinajstić information content (AvgIpc) is 2.93. The predicted octanol–water partition coefficient (Wildman–Crippen LogP) is 13.8. The molecule has 0 amide bonds. The van der Waals surface area contributed by atoms with E-state index in [-0.39, 0.29) is 0 Å². The van der Waals surface area contributed by atoms with Gasteiger partial charge in [0.05, 0.1) is 21.1 Å². The molecule has 1 nitrogen and oxygen atoms in total. The molecule has 0 saturated heterocycles. The van der Waals surface area contributed by atoms with Gasteiger partial charge < -0.3 is 4.48 Å². The van der Waals surface area contributed by atoms with Crippen LogP contribution in [0.5, 0.6) is 0 Å². The first kappa shape index (κ1) is 39.7. The molecule has 0 bridgehead atoms. The summed E-state index contributed by atoms with van der Waals surface area (Å²) in [5, 5.41) is 0. The number of likely N-dealkylation sites (N-methyl/N-ethyl adjacent to an activating group) is 1. The monoisotopic (exact) mass is 563 g/mol. The van der Waals surface area contributed by atoms with E-state index in [4.69, 9.17) is 0 Å². The van der Waals surface area contributed by atoms with E-state index < -0.39 is 0 Å². The molecule has 0 saturated carbocycles. The molecule has 0 aliphatic carbocycles. The minimum absolute atomic E-state index is 0.615. The van der Waals surface area contributed by atoms with Crippen molar-refractivity contribution in [1.29, 1.82) is 0 Å². The van der Waals surface area contributed by atoms with E-state index in [1.165, 1.54) is 205 Å². The fourth-order valence-corrected chi connectivity index (χ4v) is 6.37. The van der Waals surface area contributed by atoms with Gasteiger partial charge in [0.1, 0.15) is 6.04 Å². The van der Waals surface area contributed by atoms with Crippen LogP contribution in [0.15, 0.2) is 12.7 Å². The number of nitrogens with zero attached hydrogens (tertiary/aromatic N) is 1. The van der Waals surface area contributed by atoms with Gasteiger partial charge in [-0.2, -0.15) is 0 Å². The minimum atomic E-state index is 0.615. The Morgan fingerprint density at radius 2 is 0.575 bits per heavy atom. The Bertz CT molecular complexity index is 476. The summed E-state index contributed by atoms with van der Waals surface area (Å²) in [5.41, 5.74) is 0. The largest absolute Gasteiger partial charge is 0.325 e. The molecule has 0 rings (SSSR count). The minimum Gasteiger partial charge on any atom is -0.325 e. The summed E-state index contributed by atoms with van der Waals surface area (Å²) in [6.45, 7) is 6.34. The van der Waals surface area contributed by atoms with Crippen molar-refractivity contribution in [1.82, 2.24) is 0 Å². The van der Waals surface area contributed by atoms with Gasteiger partial charge in [-0.15, -0.1) is 0 Å². The molecule has 0 heterocycles. The highest BCUT2D eigenvalue weighted by Crippen LogP contribution is 2.18. The molecule has 40 heavy (non-hydrogen) atoms. The summed E-state index contributed by atoms with van der Waals surface area (Å²) in [6, 6.07) is 0.615. The summed E-state index contributed by atoms with van der Waals surface area (Å²) >= 11 is 0. The first-order valence-electron chi connectivity index (χ1n) is 19.0. The lowest BCUT2D eigenvalue weighted by molar-refractivity contribution is -0.889. The molecule has 240 valence electrons. The number of rotatable bonds is 34. The third-order valence-electron chi connectivity index (χ3n) is 9.37. The van der Waals surface area contributed by atoms with Crippen LogP contribution in [0.4, 0.5) is 0 Å². The molecule has 0 aromatic heterocycles. The van der Waals surface area contributed by atoms with E-state index >= 15 is 0 Å². The maximum Gasteiger partial charge on any atom is 0.107 e. The molecule has 0 aliphatic rings. The van der Waals surface area contributed by atoms with Crippen LogP contribution >= 0.6 is 0 Å². The maximum atomic E-state index is 4.03. The molecule has 0 aromatic carbocycles. The van der Waals surface area contributed by atoms with Crippen LogP contribution in [0.25, 0.3) is 0 Å².